The second kappa shape index (κ2) is 7.67. The van der Waals surface area contributed by atoms with Gasteiger partial charge in [-0.1, -0.05) is 6.07 Å². The average Bonchev–Trinajstić information content (AvgIpc) is 3.36. The topological polar surface area (TPSA) is 75.9 Å². The number of rotatable bonds is 5. The van der Waals surface area contributed by atoms with Crippen LogP contribution >= 0.6 is 0 Å². The number of nitrogens with one attached hydrogen (secondary N) is 1. The Labute approximate surface area is 158 Å². The Morgan fingerprint density at radius 2 is 2.11 bits per heavy atom. The first-order valence-electron chi connectivity index (χ1n) is 9.11. The molecule has 2 aromatic heterocycles. The van der Waals surface area contributed by atoms with Gasteiger partial charge in [0.25, 0.3) is 0 Å². The van der Waals surface area contributed by atoms with Crippen LogP contribution in [-0.2, 0) is 11.3 Å². The van der Waals surface area contributed by atoms with Gasteiger partial charge in [-0.05, 0) is 50.6 Å². The van der Waals surface area contributed by atoms with Crippen LogP contribution in [0.1, 0.15) is 24.2 Å². The summed E-state index contributed by atoms with van der Waals surface area (Å²) in [7, 11) is 0. The quantitative estimate of drug-likeness (QED) is 0.755. The largest absolute Gasteiger partial charge is 0.325 e. The lowest BCUT2D eigenvalue weighted by Gasteiger charge is -2.23. The molecule has 1 aliphatic heterocycles. The van der Waals surface area contributed by atoms with Crippen molar-refractivity contribution in [1.82, 2.24) is 24.6 Å². The first-order valence-corrected chi connectivity index (χ1v) is 9.11. The normalized spacial score (nSPS) is 17.1. The van der Waals surface area contributed by atoms with E-state index in [1.165, 1.54) is 0 Å². The molecule has 1 fully saturated rings. The highest BCUT2D eigenvalue weighted by atomic mass is 16.2. The van der Waals surface area contributed by atoms with Gasteiger partial charge in [0.1, 0.15) is 5.82 Å². The van der Waals surface area contributed by atoms with Crippen molar-refractivity contribution in [2.24, 2.45) is 0 Å². The third-order valence-corrected chi connectivity index (χ3v) is 4.77. The number of hydrogen-bond donors (Lipinski definition) is 1. The fourth-order valence-electron chi connectivity index (χ4n) is 3.42. The molecule has 1 aromatic carbocycles. The first kappa shape index (κ1) is 17.4. The Morgan fingerprint density at radius 1 is 1.26 bits per heavy atom. The zero-order chi connectivity index (χ0) is 18.6. The number of aryl methyl sites for hydroxylation is 1. The number of amides is 1. The monoisotopic (exact) mass is 362 g/mol. The molecule has 27 heavy (non-hydrogen) atoms. The molecule has 0 saturated carbocycles. The predicted octanol–water partition coefficient (Wildman–Crippen LogP) is 2.57. The van der Waals surface area contributed by atoms with Crippen LogP contribution in [0.3, 0.4) is 0 Å². The molecule has 0 unspecified atom stereocenters. The number of aromatic nitrogens is 4. The SMILES string of the molecule is Cc1ncc(CN2CCC[C@@H]2C(=O)Nc2cccc(-n3cccn3)c2)cn1. The van der Waals surface area contributed by atoms with Crippen molar-refractivity contribution in [3.63, 3.8) is 0 Å². The van der Waals surface area contributed by atoms with Gasteiger partial charge in [0.2, 0.25) is 5.91 Å². The van der Waals surface area contributed by atoms with Crippen molar-refractivity contribution < 1.29 is 4.79 Å². The van der Waals surface area contributed by atoms with E-state index < -0.39 is 0 Å². The summed E-state index contributed by atoms with van der Waals surface area (Å²) in [5.74, 6) is 0.782. The molecule has 1 amide bonds. The third kappa shape index (κ3) is 4.03. The maximum absolute atomic E-state index is 12.9. The Balaban J connectivity index is 1.44. The molecule has 1 atom stereocenters. The van der Waals surface area contributed by atoms with Crippen molar-refractivity contribution in [3.8, 4) is 5.69 Å². The standard InChI is InChI=1S/C20H22N6O/c1-15-21-12-16(13-22-15)14-25-9-3-7-19(25)20(27)24-17-5-2-6-18(11-17)26-10-4-8-23-26/h2,4-6,8,10-13,19H,3,7,9,14H2,1H3,(H,24,27)/t19-/m1/s1. The Morgan fingerprint density at radius 3 is 2.89 bits per heavy atom. The van der Waals surface area contributed by atoms with Crippen LogP contribution in [0, 0.1) is 6.92 Å². The van der Waals surface area contributed by atoms with Crippen molar-refractivity contribution >= 4 is 11.6 Å². The van der Waals surface area contributed by atoms with Crippen LogP contribution in [-0.4, -0.2) is 43.1 Å². The van der Waals surface area contributed by atoms with Gasteiger partial charge in [0.15, 0.2) is 0 Å². The van der Waals surface area contributed by atoms with E-state index >= 15 is 0 Å². The number of hydrogen-bond acceptors (Lipinski definition) is 5. The number of nitrogens with zero attached hydrogens (tertiary/aromatic N) is 5. The van der Waals surface area contributed by atoms with Crippen molar-refractivity contribution in [2.45, 2.75) is 32.4 Å². The van der Waals surface area contributed by atoms with Gasteiger partial charge in [0.05, 0.1) is 11.7 Å². The van der Waals surface area contributed by atoms with E-state index in [0.717, 1.165) is 42.1 Å². The highest BCUT2D eigenvalue weighted by Crippen LogP contribution is 2.22. The Bertz CT molecular complexity index is 906. The molecular weight excluding hydrogens is 340 g/mol. The summed E-state index contributed by atoms with van der Waals surface area (Å²) in [4.78, 5) is 23.5. The second-order valence-electron chi connectivity index (χ2n) is 6.76. The van der Waals surface area contributed by atoms with Crippen LogP contribution in [0.5, 0.6) is 0 Å². The van der Waals surface area contributed by atoms with E-state index in [2.05, 4.69) is 25.3 Å². The molecule has 1 N–H and O–H groups in total. The Kier molecular flexibility index (Phi) is 4.93. The number of likely N-dealkylation sites (tertiary alicyclic amines) is 1. The molecule has 3 heterocycles. The van der Waals surface area contributed by atoms with Crippen LogP contribution in [0.25, 0.3) is 5.69 Å². The Hall–Kier alpha value is -3.06. The molecule has 7 heteroatoms. The molecule has 0 spiro atoms. The van der Waals surface area contributed by atoms with E-state index in [-0.39, 0.29) is 11.9 Å². The maximum Gasteiger partial charge on any atom is 0.241 e. The smallest absolute Gasteiger partial charge is 0.241 e. The maximum atomic E-state index is 12.9. The lowest BCUT2D eigenvalue weighted by Crippen LogP contribution is -2.39. The van der Waals surface area contributed by atoms with Gasteiger partial charge in [-0.2, -0.15) is 5.10 Å². The first-order chi connectivity index (χ1) is 13.2. The highest BCUT2D eigenvalue weighted by molar-refractivity contribution is 5.95. The molecule has 138 valence electrons. The summed E-state index contributed by atoms with van der Waals surface area (Å²) in [6.07, 6.45) is 9.15. The van der Waals surface area contributed by atoms with Gasteiger partial charge in [-0.3, -0.25) is 9.69 Å². The number of carbonyl (C=O) groups is 1. The fourth-order valence-corrected chi connectivity index (χ4v) is 3.42. The van der Waals surface area contributed by atoms with Crippen molar-refractivity contribution in [1.29, 1.82) is 0 Å². The van der Waals surface area contributed by atoms with E-state index in [1.54, 1.807) is 10.9 Å². The molecule has 3 aromatic rings. The summed E-state index contributed by atoms with van der Waals surface area (Å²) in [5.41, 5.74) is 2.72. The second-order valence-corrected chi connectivity index (χ2v) is 6.76. The van der Waals surface area contributed by atoms with Crippen molar-refractivity contribution in [3.05, 3.63) is 66.5 Å². The minimum Gasteiger partial charge on any atom is -0.325 e. The van der Waals surface area contributed by atoms with Crippen LogP contribution in [0.4, 0.5) is 5.69 Å². The lowest BCUT2D eigenvalue weighted by molar-refractivity contribution is -0.120. The average molecular weight is 362 g/mol. The van der Waals surface area contributed by atoms with Crippen LogP contribution < -0.4 is 5.32 Å². The van der Waals surface area contributed by atoms with Gasteiger partial charge in [0, 0.05) is 42.6 Å². The number of benzene rings is 1. The molecule has 0 aliphatic carbocycles. The van der Waals surface area contributed by atoms with E-state index in [9.17, 15) is 4.79 Å². The fraction of sp³-hybridized carbons (Fsp3) is 0.300. The van der Waals surface area contributed by atoms with E-state index in [4.69, 9.17) is 0 Å². The zero-order valence-corrected chi connectivity index (χ0v) is 15.2. The van der Waals surface area contributed by atoms with Gasteiger partial charge < -0.3 is 5.32 Å². The summed E-state index contributed by atoms with van der Waals surface area (Å²) in [6.45, 7) is 3.46. The number of anilines is 1. The predicted molar refractivity (Wildman–Crippen MR) is 102 cm³/mol. The van der Waals surface area contributed by atoms with Gasteiger partial charge >= 0.3 is 0 Å². The summed E-state index contributed by atoms with van der Waals surface area (Å²) < 4.78 is 1.77. The summed E-state index contributed by atoms with van der Waals surface area (Å²) >= 11 is 0. The zero-order valence-electron chi connectivity index (χ0n) is 15.2. The molecular formula is C20H22N6O. The van der Waals surface area contributed by atoms with Gasteiger partial charge in [-0.25, -0.2) is 14.6 Å². The highest BCUT2D eigenvalue weighted by Gasteiger charge is 2.30. The van der Waals surface area contributed by atoms with E-state index in [1.807, 2.05) is 55.8 Å². The molecule has 1 aliphatic rings. The number of carbonyl (C=O) groups excluding carboxylic acids is 1. The summed E-state index contributed by atoms with van der Waals surface area (Å²) in [6, 6.07) is 9.44. The lowest BCUT2D eigenvalue weighted by atomic mass is 10.2. The molecule has 0 radical (unpaired) electrons. The van der Waals surface area contributed by atoms with Crippen molar-refractivity contribution in [2.75, 3.05) is 11.9 Å². The molecule has 4 rings (SSSR count). The van der Waals surface area contributed by atoms with Crippen LogP contribution in [0.15, 0.2) is 55.1 Å². The minimum atomic E-state index is -0.139. The van der Waals surface area contributed by atoms with Gasteiger partial charge in [-0.15, -0.1) is 0 Å². The van der Waals surface area contributed by atoms with E-state index in [0.29, 0.717) is 6.54 Å². The minimum absolute atomic E-state index is 0.0261. The van der Waals surface area contributed by atoms with Crippen LogP contribution in [0.2, 0.25) is 0 Å². The molecule has 7 nitrogen and oxygen atoms in total. The summed E-state index contributed by atoms with van der Waals surface area (Å²) in [5, 5.41) is 7.29. The molecule has 0 bridgehead atoms. The third-order valence-electron chi connectivity index (χ3n) is 4.77. The molecule has 1 saturated heterocycles.